The van der Waals surface area contributed by atoms with Crippen LogP contribution in [0.4, 0.5) is 0 Å². The summed E-state index contributed by atoms with van der Waals surface area (Å²) in [5, 5.41) is 18.0. The number of nitrogens with zero attached hydrogens (tertiary/aromatic N) is 2. The van der Waals surface area contributed by atoms with E-state index >= 15 is 0 Å². The van der Waals surface area contributed by atoms with Gasteiger partial charge in [-0.2, -0.15) is 5.10 Å². The Kier molecular flexibility index (Phi) is 7.87. The van der Waals surface area contributed by atoms with Crippen molar-refractivity contribution in [2.75, 3.05) is 27.4 Å². The lowest BCUT2D eigenvalue weighted by atomic mass is 10.1. The maximum atomic E-state index is 13.2. The second-order valence-electron chi connectivity index (χ2n) is 8.20. The van der Waals surface area contributed by atoms with E-state index < -0.39 is 6.10 Å². The number of carbonyl (C=O) groups excluding carboxylic acids is 1. The number of aromatic nitrogens is 2. The standard InChI is InChI=1S/C28H29N3O5/c1-19-12-14-21(15-13-19)31-17-23(26(30-31)20-8-5-4-6-9-20)28(33)29-16-22(32)18-36-27-24(34-2)10-7-11-25(27)35-3/h4-15,17,22,32H,16,18H2,1-3H3,(H,29,33). The molecular weight excluding hydrogens is 458 g/mol. The molecule has 8 heteroatoms. The van der Waals surface area contributed by atoms with Crippen molar-refractivity contribution < 1.29 is 24.1 Å². The molecule has 1 aromatic heterocycles. The molecule has 1 amide bonds. The molecule has 8 nitrogen and oxygen atoms in total. The van der Waals surface area contributed by atoms with Crippen LogP contribution < -0.4 is 19.5 Å². The number of para-hydroxylation sites is 1. The van der Waals surface area contributed by atoms with Crippen LogP contribution in [0.25, 0.3) is 16.9 Å². The van der Waals surface area contributed by atoms with Crippen molar-refractivity contribution in [1.82, 2.24) is 15.1 Å². The highest BCUT2D eigenvalue weighted by Gasteiger charge is 2.20. The molecule has 0 saturated carbocycles. The number of amides is 1. The Bertz CT molecular complexity index is 1280. The molecule has 36 heavy (non-hydrogen) atoms. The van der Waals surface area contributed by atoms with Crippen LogP contribution in [0.1, 0.15) is 15.9 Å². The molecule has 3 aromatic carbocycles. The molecule has 0 aliphatic carbocycles. The van der Waals surface area contributed by atoms with E-state index in [-0.39, 0.29) is 19.1 Å². The first-order valence-corrected chi connectivity index (χ1v) is 11.5. The number of nitrogens with one attached hydrogen (secondary N) is 1. The lowest BCUT2D eigenvalue weighted by Crippen LogP contribution is -2.35. The molecule has 4 rings (SSSR count). The lowest BCUT2D eigenvalue weighted by molar-refractivity contribution is 0.0834. The lowest BCUT2D eigenvalue weighted by Gasteiger charge is -2.17. The third-order valence-electron chi connectivity index (χ3n) is 5.61. The highest BCUT2D eigenvalue weighted by atomic mass is 16.5. The minimum absolute atomic E-state index is 0.0137. The Balaban J connectivity index is 1.48. The maximum Gasteiger partial charge on any atom is 0.255 e. The van der Waals surface area contributed by atoms with E-state index in [1.54, 1.807) is 29.1 Å². The van der Waals surface area contributed by atoms with Gasteiger partial charge in [0, 0.05) is 18.3 Å². The molecule has 1 atom stereocenters. The summed E-state index contributed by atoms with van der Waals surface area (Å²) in [7, 11) is 3.05. The molecule has 0 fully saturated rings. The van der Waals surface area contributed by atoms with Gasteiger partial charge in [-0.1, -0.05) is 54.1 Å². The van der Waals surface area contributed by atoms with Crippen LogP contribution >= 0.6 is 0 Å². The van der Waals surface area contributed by atoms with Gasteiger partial charge in [-0.25, -0.2) is 4.68 Å². The monoisotopic (exact) mass is 487 g/mol. The van der Waals surface area contributed by atoms with Crippen molar-refractivity contribution >= 4 is 5.91 Å². The summed E-state index contributed by atoms with van der Waals surface area (Å²) in [4.78, 5) is 13.2. The van der Waals surface area contributed by atoms with Gasteiger partial charge in [-0.15, -0.1) is 0 Å². The average Bonchev–Trinajstić information content (AvgIpc) is 3.37. The molecule has 0 spiro atoms. The summed E-state index contributed by atoms with van der Waals surface area (Å²) in [6.07, 6.45) is 0.737. The van der Waals surface area contributed by atoms with Crippen LogP contribution in [-0.4, -0.2) is 54.3 Å². The van der Waals surface area contributed by atoms with Crippen molar-refractivity contribution in [3.05, 3.63) is 90.1 Å². The van der Waals surface area contributed by atoms with Gasteiger partial charge in [-0.3, -0.25) is 4.79 Å². The van der Waals surface area contributed by atoms with Crippen LogP contribution in [0, 0.1) is 6.92 Å². The first-order valence-electron chi connectivity index (χ1n) is 11.5. The van der Waals surface area contributed by atoms with Gasteiger partial charge in [0.1, 0.15) is 18.4 Å². The first-order chi connectivity index (χ1) is 17.5. The Labute approximate surface area is 210 Å². The molecule has 0 aliphatic heterocycles. The Morgan fingerprint density at radius 3 is 2.28 bits per heavy atom. The summed E-state index contributed by atoms with van der Waals surface area (Å²) in [6, 6.07) is 22.7. The normalized spacial score (nSPS) is 11.6. The number of aliphatic hydroxyl groups is 1. The Hall–Kier alpha value is -4.30. The zero-order valence-electron chi connectivity index (χ0n) is 20.5. The topological polar surface area (TPSA) is 94.8 Å². The number of hydrogen-bond donors (Lipinski definition) is 2. The van der Waals surface area contributed by atoms with Gasteiger partial charge in [0.25, 0.3) is 5.91 Å². The summed E-state index contributed by atoms with van der Waals surface area (Å²) in [5.41, 5.74) is 3.75. The third kappa shape index (κ3) is 5.67. The summed E-state index contributed by atoms with van der Waals surface area (Å²) in [6.45, 7) is 1.94. The van der Waals surface area contributed by atoms with Crippen molar-refractivity contribution in [3.8, 4) is 34.2 Å². The van der Waals surface area contributed by atoms with Gasteiger partial charge >= 0.3 is 0 Å². The van der Waals surface area contributed by atoms with Gasteiger partial charge in [0.2, 0.25) is 5.75 Å². The van der Waals surface area contributed by atoms with Crippen LogP contribution in [0.3, 0.4) is 0 Å². The predicted octanol–water partition coefficient (Wildman–Crippen LogP) is 4.03. The number of carbonyl (C=O) groups is 1. The van der Waals surface area contributed by atoms with Crippen LogP contribution in [0.2, 0.25) is 0 Å². The zero-order chi connectivity index (χ0) is 25.5. The fourth-order valence-corrected chi connectivity index (χ4v) is 3.68. The van der Waals surface area contributed by atoms with Crippen molar-refractivity contribution in [1.29, 1.82) is 0 Å². The van der Waals surface area contributed by atoms with Crippen LogP contribution in [0.5, 0.6) is 17.2 Å². The van der Waals surface area contributed by atoms with E-state index in [0.29, 0.717) is 28.5 Å². The minimum Gasteiger partial charge on any atom is -0.493 e. The summed E-state index contributed by atoms with van der Waals surface area (Å²) in [5.74, 6) is 1.02. The van der Waals surface area contributed by atoms with Gasteiger partial charge < -0.3 is 24.6 Å². The zero-order valence-corrected chi connectivity index (χ0v) is 20.5. The molecule has 0 aliphatic rings. The highest BCUT2D eigenvalue weighted by Crippen LogP contribution is 2.36. The maximum absolute atomic E-state index is 13.2. The second-order valence-corrected chi connectivity index (χ2v) is 8.20. The summed E-state index contributed by atoms with van der Waals surface area (Å²) >= 11 is 0. The molecular formula is C28H29N3O5. The smallest absolute Gasteiger partial charge is 0.255 e. The van der Waals surface area contributed by atoms with Crippen LogP contribution in [-0.2, 0) is 0 Å². The van der Waals surface area contributed by atoms with Gasteiger partial charge in [0.15, 0.2) is 11.5 Å². The summed E-state index contributed by atoms with van der Waals surface area (Å²) < 4.78 is 18.1. The molecule has 1 unspecified atom stereocenters. The molecule has 4 aromatic rings. The first kappa shape index (κ1) is 24.8. The van der Waals surface area contributed by atoms with Gasteiger partial charge in [0.05, 0.1) is 25.5 Å². The molecule has 186 valence electrons. The molecule has 0 radical (unpaired) electrons. The molecule has 0 bridgehead atoms. The third-order valence-corrected chi connectivity index (χ3v) is 5.61. The van der Waals surface area contributed by atoms with E-state index in [1.165, 1.54) is 14.2 Å². The van der Waals surface area contributed by atoms with E-state index in [0.717, 1.165) is 16.8 Å². The van der Waals surface area contributed by atoms with E-state index in [9.17, 15) is 9.90 Å². The molecule has 1 heterocycles. The Morgan fingerprint density at radius 2 is 1.64 bits per heavy atom. The quantitative estimate of drug-likeness (QED) is 0.351. The van der Waals surface area contributed by atoms with Gasteiger partial charge in [-0.05, 0) is 31.2 Å². The van der Waals surface area contributed by atoms with E-state index in [2.05, 4.69) is 10.4 Å². The van der Waals surface area contributed by atoms with E-state index in [4.69, 9.17) is 14.2 Å². The molecule has 2 N–H and O–H groups in total. The average molecular weight is 488 g/mol. The molecule has 0 saturated heterocycles. The SMILES string of the molecule is COc1cccc(OC)c1OCC(O)CNC(=O)c1cn(-c2ccc(C)cc2)nc1-c1ccccc1. The Morgan fingerprint density at radius 1 is 0.972 bits per heavy atom. The predicted molar refractivity (Wildman–Crippen MR) is 137 cm³/mol. The van der Waals surface area contributed by atoms with E-state index in [1.807, 2.05) is 61.5 Å². The fraction of sp³-hybridized carbons (Fsp3) is 0.214. The highest BCUT2D eigenvalue weighted by molar-refractivity contribution is 5.99. The number of benzene rings is 3. The van der Waals surface area contributed by atoms with Crippen molar-refractivity contribution in [2.24, 2.45) is 0 Å². The number of hydrogen-bond acceptors (Lipinski definition) is 6. The minimum atomic E-state index is -0.962. The number of ether oxygens (including phenoxy) is 3. The fourth-order valence-electron chi connectivity index (χ4n) is 3.68. The van der Waals surface area contributed by atoms with Crippen molar-refractivity contribution in [2.45, 2.75) is 13.0 Å². The number of rotatable bonds is 10. The number of aliphatic hydroxyl groups excluding tert-OH is 1. The number of aryl methyl sites for hydroxylation is 1. The largest absolute Gasteiger partial charge is 0.493 e. The van der Waals surface area contributed by atoms with Crippen LogP contribution in [0.15, 0.2) is 79.0 Å². The van der Waals surface area contributed by atoms with Crippen molar-refractivity contribution in [3.63, 3.8) is 0 Å². The number of methoxy groups -OCH3 is 2. The second kappa shape index (κ2) is 11.4.